The fraction of sp³-hybridized carbons (Fsp3) is 0.222. The van der Waals surface area contributed by atoms with Crippen LogP contribution in [0.5, 0.6) is 5.75 Å². The van der Waals surface area contributed by atoms with Crippen LogP contribution in [-0.4, -0.2) is 18.1 Å². The Morgan fingerprint density at radius 1 is 1.17 bits per heavy atom. The minimum atomic E-state index is -1.29. The monoisotopic (exact) mass is 310 g/mol. The lowest BCUT2D eigenvalue weighted by Gasteiger charge is -2.25. The molecule has 0 bridgehead atoms. The van der Waals surface area contributed by atoms with E-state index >= 15 is 0 Å². The maximum absolute atomic E-state index is 12.6. The molecule has 5 nitrogen and oxygen atoms in total. The Balaban J connectivity index is 1.92. The Morgan fingerprint density at radius 3 is 2.61 bits per heavy atom. The number of fused-ring (bicyclic) bond motifs is 1. The molecule has 0 N–H and O–H groups in total. The maximum atomic E-state index is 12.6. The van der Waals surface area contributed by atoms with Crippen LogP contribution in [0, 0.1) is 0 Å². The number of benzene rings is 2. The summed E-state index contributed by atoms with van der Waals surface area (Å²) in [5.74, 6) is -0.844. The summed E-state index contributed by atoms with van der Waals surface area (Å²) in [6.07, 6.45) is 0.234. The average Bonchev–Trinajstić information content (AvgIpc) is 2.95. The molecule has 1 amide bonds. The van der Waals surface area contributed by atoms with Gasteiger partial charge in [-0.15, -0.1) is 0 Å². The smallest absolute Gasteiger partial charge is 0.420 e. The van der Waals surface area contributed by atoms with E-state index in [-0.39, 0.29) is 6.42 Å². The zero-order chi connectivity index (χ0) is 16.4. The van der Waals surface area contributed by atoms with E-state index in [1.807, 2.05) is 25.1 Å². The SMILES string of the molecule is CCc1ccccc1OC(=O)N1c2ccccc2CC1C(=O)[O-]. The number of ether oxygens (including phenoxy) is 1. The summed E-state index contributed by atoms with van der Waals surface area (Å²) >= 11 is 0. The summed E-state index contributed by atoms with van der Waals surface area (Å²) in [6, 6.07) is 13.3. The highest BCUT2D eigenvalue weighted by molar-refractivity contribution is 5.98. The predicted molar refractivity (Wildman–Crippen MR) is 83.3 cm³/mol. The van der Waals surface area contributed by atoms with E-state index < -0.39 is 18.1 Å². The van der Waals surface area contributed by atoms with Crippen molar-refractivity contribution in [2.75, 3.05) is 4.90 Å². The van der Waals surface area contributed by atoms with Gasteiger partial charge >= 0.3 is 6.09 Å². The first-order valence-electron chi connectivity index (χ1n) is 7.49. The normalized spacial score (nSPS) is 16.0. The molecule has 0 spiro atoms. The largest absolute Gasteiger partial charge is 0.548 e. The molecular formula is C18H16NO4-. The van der Waals surface area contributed by atoms with Crippen molar-refractivity contribution in [2.24, 2.45) is 0 Å². The van der Waals surface area contributed by atoms with Gasteiger partial charge in [-0.05, 0) is 29.7 Å². The van der Waals surface area contributed by atoms with Gasteiger partial charge in [-0.3, -0.25) is 4.90 Å². The van der Waals surface area contributed by atoms with Crippen molar-refractivity contribution in [2.45, 2.75) is 25.8 Å². The van der Waals surface area contributed by atoms with Gasteiger partial charge in [-0.2, -0.15) is 0 Å². The zero-order valence-corrected chi connectivity index (χ0v) is 12.7. The molecule has 0 radical (unpaired) electrons. The molecule has 23 heavy (non-hydrogen) atoms. The Labute approximate surface area is 134 Å². The molecule has 0 fully saturated rings. The number of carboxylic acid groups (broad SMARTS) is 1. The van der Waals surface area contributed by atoms with Gasteiger partial charge in [0.05, 0.1) is 17.7 Å². The molecule has 1 heterocycles. The van der Waals surface area contributed by atoms with Crippen LogP contribution in [0.25, 0.3) is 0 Å². The molecule has 1 unspecified atom stereocenters. The highest BCUT2D eigenvalue weighted by Gasteiger charge is 2.35. The Bertz CT molecular complexity index is 756. The fourth-order valence-corrected chi connectivity index (χ4v) is 2.84. The summed E-state index contributed by atoms with van der Waals surface area (Å²) in [5, 5.41) is 11.4. The van der Waals surface area contributed by atoms with Gasteiger partial charge in [-0.25, -0.2) is 4.79 Å². The van der Waals surface area contributed by atoms with Gasteiger partial charge < -0.3 is 14.6 Å². The molecule has 1 atom stereocenters. The molecule has 0 aliphatic carbocycles. The van der Waals surface area contributed by atoms with E-state index in [9.17, 15) is 14.7 Å². The predicted octanol–water partition coefficient (Wildman–Crippen LogP) is 1.93. The first-order chi connectivity index (χ1) is 11.1. The summed E-state index contributed by atoms with van der Waals surface area (Å²) in [6.45, 7) is 1.96. The lowest BCUT2D eigenvalue weighted by Crippen LogP contribution is -2.50. The van der Waals surface area contributed by atoms with Crippen LogP contribution in [0.4, 0.5) is 10.5 Å². The van der Waals surface area contributed by atoms with Crippen molar-refractivity contribution in [3.05, 3.63) is 59.7 Å². The van der Waals surface area contributed by atoms with E-state index in [2.05, 4.69) is 0 Å². The molecule has 0 saturated heterocycles. The van der Waals surface area contributed by atoms with E-state index in [0.29, 0.717) is 17.9 Å². The minimum Gasteiger partial charge on any atom is -0.548 e. The molecule has 2 aromatic rings. The third-order valence-corrected chi connectivity index (χ3v) is 4.00. The van der Waals surface area contributed by atoms with Crippen molar-refractivity contribution < 1.29 is 19.4 Å². The standard InChI is InChI=1S/C18H17NO4/c1-2-12-7-4-6-10-16(12)23-18(22)19-14-9-5-3-8-13(14)11-15(19)17(20)21/h3-10,15H,2,11H2,1H3,(H,20,21)/p-1. The zero-order valence-electron chi connectivity index (χ0n) is 12.7. The van der Waals surface area contributed by atoms with Gasteiger partial charge in [-0.1, -0.05) is 43.3 Å². The van der Waals surface area contributed by atoms with Crippen molar-refractivity contribution in [3.63, 3.8) is 0 Å². The maximum Gasteiger partial charge on any atom is 0.420 e. The molecular weight excluding hydrogens is 294 g/mol. The van der Waals surface area contributed by atoms with Crippen LogP contribution in [-0.2, 0) is 17.6 Å². The summed E-state index contributed by atoms with van der Waals surface area (Å²) < 4.78 is 5.45. The number of aliphatic carboxylic acids is 1. The van der Waals surface area contributed by atoms with Crippen molar-refractivity contribution in [3.8, 4) is 5.75 Å². The van der Waals surface area contributed by atoms with Crippen LogP contribution in [0.1, 0.15) is 18.1 Å². The molecule has 0 aromatic heterocycles. The van der Waals surface area contributed by atoms with Crippen molar-refractivity contribution >= 4 is 17.7 Å². The van der Waals surface area contributed by atoms with Gasteiger partial charge in [0.2, 0.25) is 0 Å². The lowest BCUT2D eigenvalue weighted by atomic mass is 10.1. The quantitative estimate of drug-likeness (QED) is 0.868. The van der Waals surface area contributed by atoms with Gasteiger partial charge in [0.15, 0.2) is 0 Å². The van der Waals surface area contributed by atoms with Crippen LogP contribution in [0.2, 0.25) is 0 Å². The average molecular weight is 310 g/mol. The third kappa shape index (κ3) is 2.77. The van der Waals surface area contributed by atoms with E-state index in [1.165, 1.54) is 0 Å². The van der Waals surface area contributed by atoms with Crippen LogP contribution >= 0.6 is 0 Å². The molecule has 0 saturated carbocycles. The van der Waals surface area contributed by atoms with Crippen molar-refractivity contribution in [1.29, 1.82) is 0 Å². The van der Waals surface area contributed by atoms with E-state index in [1.54, 1.807) is 30.3 Å². The number of rotatable bonds is 3. The third-order valence-electron chi connectivity index (χ3n) is 4.00. The second-order valence-corrected chi connectivity index (χ2v) is 5.37. The van der Waals surface area contributed by atoms with Gasteiger partial charge in [0.25, 0.3) is 0 Å². The number of hydrogen-bond acceptors (Lipinski definition) is 4. The highest BCUT2D eigenvalue weighted by Crippen LogP contribution is 2.33. The second-order valence-electron chi connectivity index (χ2n) is 5.37. The molecule has 1 aliphatic heterocycles. The number of carbonyl (C=O) groups is 2. The Kier molecular flexibility index (Phi) is 4.02. The molecule has 3 rings (SSSR count). The first-order valence-corrected chi connectivity index (χ1v) is 7.49. The molecule has 5 heteroatoms. The minimum absolute atomic E-state index is 0.225. The number of aryl methyl sites for hydroxylation is 1. The van der Waals surface area contributed by atoms with Crippen LogP contribution < -0.4 is 14.7 Å². The van der Waals surface area contributed by atoms with E-state index in [0.717, 1.165) is 16.0 Å². The number of carboxylic acids is 1. The second kappa shape index (κ2) is 6.12. The van der Waals surface area contributed by atoms with E-state index in [4.69, 9.17) is 4.74 Å². The lowest BCUT2D eigenvalue weighted by molar-refractivity contribution is -0.307. The van der Waals surface area contributed by atoms with Crippen LogP contribution in [0.3, 0.4) is 0 Å². The number of amides is 1. The topological polar surface area (TPSA) is 69.7 Å². The number of anilines is 1. The number of hydrogen-bond donors (Lipinski definition) is 0. The van der Waals surface area contributed by atoms with Crippen molar-refractivity contribution in [1.82, 2.24) is 0 Å². The first kappa shape index (κ1) is 15.1. The summed E-state index contributed by atoms with van der Waals surface area (Å²) in [7, 11) is 0. The summed E-state index contributed by atoms with van der Waals surface area (Å²) in [5.41, 5.74) is 2.24. The Hall–Kier alpha value is -2.82. The van der Waals surface area contributed by atoms with Gasteiger partial charge in [0.1, 0.15) is 5.75 Å². The number of carbonyl (C=O) groups excluding carboxylic acids is 2. The van der Waals surface area contributed by atoms with Gasteiger partial charge in [0, 0.05) is 6.42 Å². The summed E-state index contributed by atoms with van der Waals surface area (Å²) in [4.78, 5) is 25.1. The number of nitrogens with zero attached hydrogens (tertiary/aromatic N) is 1. The molecule has 118 valence electrons. The fourth-order valence-electron chi connectivity index (χ4n) is 2.84. The molecule has 2 aromatic carbocycles. The Morgan fingerprint density at radius 2 is 1.87 bits per heavy atom. The number of para-hydroxylation sites is 2. The molecule has 1 aliphatic rings. The highest BCUT2D eigenvalue weighted by atomic mass is 16.6. The van der Waals surface area contributed by atoms with Crippen LogP contribution in [0.15, 0.2) is 48.5 Å².